The van der Waals surface area contributed by atoms with E-state index in [9.17, 15) is 18.0 Å². The first-order chi connectivity index (χ1) is 7.80. The molecule has 17 heavy (non-hydrogen) atoms. The fourth-order valence-electron chi connectivity index (χ4n) is 1.16. The van der Waals surface area contributed by atoms with Crippen molar-refractivity contribution in [2.24, 2.45) is 0 Å². The SMILES string of the molecule is O=C(O)C(F)(F)F.O=C1Cc2ccccc2N1. The molecule has 0 bridgehead atoms. The Hall–Kier alpha value is -2.05. The summed E-state index contributed by atoms with van der Waals surface area (Å²) >= 11 is 0. The summed E-state index contributed by atoms with van der Waals surface area (Å²) in [6, 6.07) is 7.75. The number of amides is 1. The number of carbonyl (C=O) groups is 2. The van der Waals surface area contributed by atoms with E-state index in [4.69, 9.17) is 9.90 Å². The number of benzene rings is 1. The molecule has 1 aromatic rings. The maximum Gasteiger partial charge on any atom is 0.490 e. The number of carbonyl (C=O) groups excluding carboxylic acids is 1. The molecule has 7 heteroatoms. The van der Waals surface area contributed by atoms with Crippen molar-refractivity contribution in [2.45, 2.75) is 12.6 Å². The van der Waals surface area contributed by atoms with E-state index in [1.54, 1.807) is 0 Å². The standard InChI is InChI=1S/C8H7NO.C2HF3O2/c10-8-5-6-3-1-2-4-7(6)9-8;3-2(4,5)1(6)7/h1-4H,5H2,(H,9,10);(H,6,7). The van der Waals surface area contributed by atoms with Gasteiger partial charge in [-0.15, -0.1) is 0 Å². The lowest BCUT2D eigenvalue weighted by Crippen LogP contribution is -2.21. The third kappa shape index (κ3) is 3.78. The van der Waals surface area contributed by atoms with Gasteiger partial charge in [0, 0.05) is 5.69 Å². The Kier molecular flexibility index (Phi) is 3.72. The maximum atomic E-state index is 10.8. The minimum atomic E-state index is -5.08. The van der Waals surface area contributed by atoms with Crippen LogP contribution in [0.4, 0.5) is 18.9 Å². The zero-order chi connectivity index (χ0) is 13.1. The van der Waals surface area contributed by atoms with Gasteiger partial charge >= 0.3 is 12.1 Å². The Morgan fingerprint density at radius 1 is 1.29 bits per heavy atom. The minimum absolute atomic E-state index is 0.0983. The maximum absolute atomic E-state index is 10.8. The van der Waals surface area contributed by atoms with Gasteiger partial charge in [-0.1, -0.05) is 18.2 Å². The van der Waals surface area contributed by atoms with Gasteiger partial charge in [-0.2, -0.15) is 13.2 Å². The molecule has 92 valence electrons. The van der Waals surface area contributed by atoms with E-state index in [2.05, 4.69) is 5.32 Å². The number of aliphatic carboxylic acids is 1. The molecule has 1 heterocycles. The van der Waals surface area contributed by atoms with Gasteiger partial charge in [-0.3, -0.25) is 4.79 Å². The average Bonchev–Trinajstić information content (AvgIpc) is 2.57. The Bertz CT molecular complexity index is 416. The molecule has 0 spiro atoms. The molecular formula is C10H8F3NO3. The molecule has 0 fully saturated rings. The quantitative estimate of drug-likeness (QED) is 0.734. The molecule has 1 aromatic carbocycles. The number of hydrogen-bond acceptors (Lipinski definition) is 2. The Balaban J connectivity index is 0.000000185. The number of para-hydroxylation sites is 1. The number of halogens is 3. The van der Waals surface area contributed by atoms with Gasteiger partial charge in [0.2, 0.25) is 5.91 Å². The molecule has 0 aliphatic carbocycles. The van der Waals surface area contributed by atoms with Gasteiger partial charge < -0.3 is 10.4 Å². The highest BCUT2D eigenvalue weighted by Crippen LogP contribution is 2.21. The summed E-state index contributed by atoms with van der Waals surface area (Å²) in [5.41, 5.74) is 2.07. The van der Waals surface area contributed by atoms with E-state index >= 15 is 0 Å². The van der Waals surface area contributed by atoms with Gasteiger partial charge in [-0.25, -0.2) is 4.79 Å². The predicted octanol–water partition coefficient (Wildman–Crippen LogP) is 1.81. The molecule has 2 N–H and O–H groups in total. The van der Waals surface area contributed by atoms with Crippen LogP contribution >= 0.6 is 0 Å². The molecule has 1 aliphatic rings. The zero-order valence-corrected chi connectivity index (χ0v) is 8.41. The highest BCUT2D eigenvalue weighted by Gasteiger charge is 2.38. The number of fused-ring (bicyclic) bond motifs is 1. The third-order valence-electron chi connectivity index (χ3n) is 1.88. The van der Waals surface area contributed by atoms with Crippen molar-refractivity contribution in [3.8, 4) is 0 Å². The number of alkyl halides is 3. The smallest absolute Gasteiger partial charge is 0.475 e. The number of carboxylic acid groups (broad SMARTS) is 1. The van der Waals surface area contributed by atoms with Gasteiger partial charge in [0.25, 0.3) is 0 Å². The highest BCUT2D eigenvalue weighted by molar-refractivity contribution is 5.98. The van der Waals surface area contributed by atoms with Gasteiger partial charge in [0.15, 0.2) is 0 Å². The van der Waals surface area contributed by atoms with Crippen LogP contribution in [-0.4, -0.2) is 23.2 Å². The lowest BCUT2D eigenvalue weighted by molar-refractivity contribution is -0.192. The monoisotopic (exact) mass is 247 g/mol. The van der Waals surface area contributed by atoms with E-state index < -0.39 is 12.1 Å². The molecule has 0 radical (unpaired) electrons. The van der Waals surface area contributed by atoms with Crippen LogP contribution in [0, 0.1) is 0 Å². The van der Waals surface area contributed by atoms with Crippen molar-refractivity contribution in [3.63, 3.8) is 0 Å². The molecule has 2 rings (SSSR count). The largest absolute Gasteiger partial charge is 0.490 e. The fraction of sp³-hybridized carbons (Fsp3) is 0.200. The summed E-state index contributed by atoms with van der Waals surface area (Å²) in [6.07, 6.45) is -4.55. The van der Waals surface area contributed by atoms with Crippen LogP contribution in [0.5, 0.6) is 0 Å². The fourth-order valence-corrected chi connectivity index (χ4v) is 1.16. The molecule has 4 nitrogen and oxygen atoms in total. The third-order valence-corrected chi connectivity index (χ3v) is 1.88. The molecule has 0 aromatic heterocycles. The van der Waals surface area contributed by atoms with Crippen LogP contribution in [0.15, 0.2) is 24.3 Å². The summed E-state index contributed by atoms with van der Waals surface area (Å²) < 4.78 is 31.7. The predicted molar refractivity (Wildman–Crippen MR) is 52.5 cm³/mol. The second-order valence-electron chi connectivity index (χ2n) is 3.19. The first kappa shape index (κ1) is 13.0. The van der Waals surface area contributed by atoms with Crippen LogP contribution in [0.3, 0.4) is 0 Å². The van der Waals surface area contributed by atoms with Crippen LogP contribution < -0.4 is 5.32 Å². The van der Waals surface area contributed by atoms with Crippen molar-refractivity contribution in [2.75, 3.05) is 5.32 Å². The first-order valence-corrected chi connectivity index (χ1v) is 4.48. The van der Waals surface area contributed by atoms with Crippen molar-refractivity contribution in [1.29, 1.82) is 0 Å². The summed E-state index contributed by atoms with van der Waals surface area (Å²) in [6.45, 7) is 0. The Morgan fingerprint density at radius 2 is 1.82 bits per heavy atom. The zero-order valence-electron chi connectivity index (χ0n) is 8.41. The molecular weight excluding hydrogens is 239 g/mol. The highest BCUT2D eigenvalue weighted by atomic mass is 19.4. The number of rotatable bonds is 0. The first-order valence-electron chi connectivity index (χ1n) is 4.48. The minimum Gasteiger partial charge on any atom is -0.475 e. The molecule has 0 saturated heterocycles. The Morgan fingerprint density at radius 3 is 2.29 bits per heavy atom. The van der Waals surface area contributed by atoms with Gasteiger partial charge in [0.1, 0.15) is 0 Å². The van der Waals surface area contributed by atoms with Crippen LogP contribution in [0.2, 0.25) is 0 Å². The van der Waals surface area contributed by atoms with E-state index in [0.717, 1.165) is 11.3 Å². The number of anilines is 1. The lowest BCUT2D eigenvalue weighted by atomic mass is 10.2. The normalized spacial score (nSPS) is 13.2. The number of carboxylic acids is 1. The van der Waals surface area contributed by atoms with Crippen molar-refractivity contribution in [3.05, 3.63) is 29.8 Å². The number of nitrogens with one attached hydrogen (secondary N) is 1. The second kappa shape index (κ2) is 4.86. The lowest BCUT2D eigenvalue weighted by Gasteiger charge is -1.93. The molecule has 0 unspecified atom stereocenters. The summed E-state index contributed by atoms with van der Waals surface area (Å²) in [5, 5.41) is 9.88. The van der Waals surface area contributed by atoms with Crippen LogP contribution in [0.25, 0.3) is 0 Å². The average molecular weight is 247 g/mol. The summed E-state index contributed by atoms with van der Waals surface area (Å²) in [4.78, 5) is 19.7. The van der Waals surface area contributed by atoms with Gasteiger partial charge in [-0.05, 0) is 11.6 Å². The van der Waals surface area contributed by atoms with Crippen LogP contribution in [-0.2, 0) is 16.0 Å². The van der Waals surface area contributed by atoms with Crippen LogP contribution in [0.1, 0.15) is 5.56 Å². The van der Waals surface area contributed by atoms with Gasteiger partial charge in [0.05, 0.1) is 6.42 Å². The molecule has 1 amide bonds. The Labute approximate surface area is 94.1 Å². The van der Waals surface area contributed by atoms with E-state index in [1.807, 2.05) is 24.3 Å². The second-order valence-corrected chi connectivity index (χ2v) is 3.19. The molecule has 0 atom stereocenters. The van der Waals surface area contributed by atoms with Crippen molar-refractivity contribution < 1.29 is 27.9 Å². The summed E-state index contributed by atoms with van der Waals surface area (Å²) in [7, 11) is 0. The van der Waals surface area contributed by atoms with E-state index in [1.165, 1.54) is 0 Å². The molecule has 1 aliphatic heterocycles. The topological polar surface area (TPSA) is 66.4 Å². The summed E-state index contributed by atoms with van der Waals surface area (Å²) in [5.74, 6) is -2.66. The van der Waals surface area contributed by atoms with E-state index in [0.29, 0.717) is 6.42 Å². The molecule has 0 saturated carbocycles. The van der Waals surface area contributed by atoms with E-state index in [-0.39, 0.29) is 5.91 Å². The van der Waals surface area contributed by atoms with Crippen molar-refractivity contribution in [1.82, 2.24) is 0 Å². The number of hydrogen-bond donors (Lipinski definition) is 2. The van der Waals surface area contributed by atoms with Crippen molar-refractivity contribution >= 4 is 17.6 Å².